The second-order valence-corrected chi connectivity index (χ2v) is 6.67. The Labute approximate surface area is 104 Å². The van der Waals surface area contributed by atoms with Crippen molar-refractivity contribution in [2.24, 2.45) is 5.92 Å². The van der Waals surface area contributed by atoms with Crippen molar-refractivity contribution in [2.75, 3.05) is 6.26 Å². The van der Waals surface area contributed by atoms with Crippen molar-refractivity contribution in [3.8, 4) is 0 Å². The molecule has 2 atom stereocenters. The van der Waals surface area contributed by atoms with E-state index in [-0.39, 0.29) is 0 Å². The van der Waals surface area contributed by atoms with Gasteiger partial charge in [-0.15, -0.1) is 0 Å². The van der Waals surface area contributed by atoms with Crippen LogP contribution in [0.1, 0.15) is 41.0 Å². The monoisotopic (exact) mass is 266 g/mol. The fourth-order valence-corrected chi connectivity index (χ4v) is 2.03. The zero-order valence-corrected chi connectivity index (χ0v) is 12.1. The molecule has 0 aromatic heterocycles. The predicted octanol–water partition coefficient (Wildman–Crippen LogP) is 1.72. The van der Waals surface area contributed by atoms with E-state index in [9.17, 15) is 13.2 Å². The summed E-state index contributed by atoms with van der Waals surface area (Å²) in [5.41, 5.74) is -0.589. The summed E-state index contributed by atoms with van der Waals surface area (Å²) in [6.07, 6.45) is 0.713. The van der Waals surface area contributed by atoms with E-state index in [2.05, 4.69) is 0 Å². The third kappa shape index (κ3) is 7.33. The van der Waals surface area contributed by atoms with Gasteiger partial charge in [0, 0.05) is 0 Å². The lowest BCUT2D eigenvalue weighted by atomic mass is 10.0. The molecule has 0 rings (SSSR count). The van der Waals surface area contributed by atoms with Crippen molar-refractivity contribution in [2.45, 2.75) is 52.7 Å². The summed E-state index contributed by atoms with van der Waals surface area (Å²) >= 11 is 0. The minimum absolute atomic E-state index is 0.424. The van der Waals surface area contributed by atoms with Crippen LogP contribution in [0, 0.1) is 5.92 Å². The van der Waals surface area contributed by atoms with Gasteiger partial charge in [-0.1, -0.05) is 6.92 Å². The Bertz CT molecular complexity index is 353. The van der Waals surface area contributed by atoms with Crippen LogP contribution >= 0.6 is 0 Å². The molecule has 17 heavy (non-hydrogen) atoms. The molecule has 0 radical (unpaired) electrons. The molecule has 0 heterocycles. The first-order chi connectivity index (χ1) is 7.46. The van der Waals surface area contributed by atoms with E-state index in [0.29, 0.717) is 6.42 Å². The van der Waals surface area contributed by atoms with Crippen LogP contribution in [-0.4, -0.2) is 32.3 Å². The van der Waals surface area contributed by atoms with Crippen molar-refractivity contribution in [1.82, 2.24) is 0 Å². The van der Waals surface area contributed by atoms with Gasteiger partial charge in [0.15, 0.2) is 0 Å². The van der Waals surface area contributed by atoms with Crippen LogP contribution in [0.4, 0.5) is 0 Å². The first-order valence-corrected chi connectivity index (χ1v) is 7.39. The Balaban J connectivity index is 4.65. The average Bonchev–Trinajstić information content (AvgIpc) is 2.08. The molecule has 0 amide bonds. The molecule has 0 aromatic carbocycles. The van der Waals surface area contributed by atoms with E-state index in [0.717, 1.165) is 6.26 Å². The number of carbonyl (C=O) groups excluding carboxylic acids is 1. The van der Waals surface area contributed by atoms with Crippen LogP contribution < -0.4 is 0 Å². The molecular formula is C11H22O5S. The highest BCUT2D eigenvalue weighted by molar-refractivity contribution is 7.86. The Morgan fingerprint density at radius 2 is 1.76 bits per heavy atom. The molecular weight excluding hydrogens is 244 g/mol. The van der Waals surface area contributed by atoms with E-state index < -0.39 is 33.7 Å². The largest absolute Gasteiger partial charge is 0.460 e. The first-order valence-electron chi connectivity index (χ1n) is 5.57. The van der Waals surface area contributed by atoms with Crippen LogP contribution in [-0.2, 0) is 23.8 Å². The van der Waals surface area contributed by atoms with Crippen molar-refractivity contribution in [1.29, 1.82) is 0 Å². The van der Waals surface area contributed by atoms with E-state index in [1.54, 1.807) is 34.6 Å². The zero-order valence-electron chi connectivity index (χ0n) is 11.3. The van der Waals surface area contributed by atoms with Gasteiger partial charge in [0.1, 0.15) is 5.60 Å². The topological polar surface area (TPSA) is 69.7 Å². The summed E-state index contributed by atoms with van der Waals surface area (Å²) in [6.45, 7) is 8.64. The Morgan fingerprint density at radius 3 is 2.06 bits per heavy atom. The number of hydrogen-bond acceptors (Lipinski definition) is 5. The number of carbonyl (C=O) groups is 1. The van der Waals surface area contributed by atoms with Crippen LogP contribution in [0.2, 0.25) is 0 Å². The first kappa shape index (κ1) is 16.4. The van der Waals surface area contributed by atoms with Gasteiger partial charge in [0.2, 0.25) is 0 Å². The minimum Gasteiger partial charge on any atom is -0.460 e. The molecule has 0 aromatic rings. The van der Waals surface area contributed by atoms with Gasteiger partial charge >= 0.3 is 5.97 Å². The van der Waals surface area contributed by atoms with Gasteiger partial charge in [0.05, 0.1) is 18.3 Å². The fraction of sp³-hybridized carbons (Fsp3) is 0.909. The van der Waals surface area contributed by atoms with Crippen molar-refractivity contribution >= 4 is 16.1 Å². The summed E-state index contributed by atoms with van der Waals surface area (Å²) in [5, 5.41) is 0. The van der Waals surface area contributed by atoms with Crippen LogP contribution in [0.3, 0.4) is 0 Å². The second kappa shape index (κ2) is 5.82. The average molecular weight is 266 g/mol. The molecule has 0 N–H and O–H groups in total. The Hall–Kier alpha value is -0.620. The molecule has 0 spiro atoms. The summed E-state index contributed by atoms with van der Waals surface area (Å²) in [7, 11) is -3.57. The number of esters is 1. The molecule has 0 saturated carbocycles. The normalized spacial score (nSPS) is 16.4. The van der Waals surface area contributed by atoms with E-state index in [4.69, 9.17) is 8.92 Å². The Kier molecular flexibility index (Phi) is 5.61. The molecule has 0 fully saturated rings. The highest BCUT2D eigenvalue weighted by Crippen LogP contribution is 2.18. The molecule has 0 aliphatic heterocycles. The van der Waals surface area contributed by atoms with E-state index in [1.807, 2.05) is 0 Å². The highest BCUT2D eigenvalue weighted by Gasteiger charge is 2.30. The van der Waals surface area contributed by atoms with E-state index in [1.165, 1.54) is 0 Å². The lowest BCUT2D eigenvalue weighted by Gasteiger charge is -2.25. The lowest BCUT2D eigenvalue weighted by molar-refractivity contribution is -0.162. The van der Waals surface area contributed by atoms with Crippen molar-refractivity contribution < 1.29 is 22.1 Å². The van der Waals surface area contributed by atoms with Crippen molar-refractivity contribution in [3.63, 3.8) is 0 Å². The predicted molar refractivity (Wildman–Crippen MR) is 65.0 cm³/mol. The highest BCUT2D eigenvalue weighted by atomic mass is 32.2. The Morgan fingerprint density at radius 1 is 1.29 bits per heavy atom. The van der Waals surface area contributed by atoms with Gasteiger partial charge in [-0.25, -0.2) is 0 Å². The number of ether oxygens (including phenoxy) is 1. The molecule has 0 aliphatic carbocycles. The zero-order chi connectivity index (χ0) is 13.9. The summed E-state index contributed by atoms with van der Waals surface area (Å²) in [6, 6.07) is 0. The summed E-state index contributed by atoms with van der Waals surface area (Å²) < 4.78 is 32.1. The summed E-state index contributed by atoms with van der Waals surface area (Å²) in [5.74, 6) is -1.07. The molecule has 102 valence electrons. The van der Waals surface area contributed by atoms with Gasteiger partial charge in [-0.2, -0.15) is 8.42 Å². The summed E-state index contributed by atoms with van der Waals surface area (Å²) in [4.78, 5) is 11.7. The smallest absolute Gasteiger partial charge is 0.311 e. The van der Waals surface area contributed by atoms with Gasteiger partial charge in [-0.05, 0) is 34.1 Å². The quantitative estimate of drug-likeness (QED) is 0.560. The van der Waals surface area contributed by atoms with Crippen LogP contribution in [0.15, 0.2) is 0 Å². The molecule has 2 unspecified atom stereocenters. The van der Waals surface area contributed by atoms with Crippen LogP contribution in [0.5, 0.6) is 0 Å². The standard InChI is InChI=1S/C11H22O5S/c1-7-9(16-17(6,13)14)8(2)10(12)15-11(3,4)5/h8-9H,7H2,1-6H3. The minimum atomic E-state index is -3.57. The lowest BCUT2D eigenvalue weighted by Crippen LogP contribution is -2.35. The van der Waals surface area contributed by atoms with Gasteiger partial charge < -0.3 is 4.74 Å². The third-order valence-electron chi connectivity index (χ3n) is 2.04. The number of hydrogen-bond donors (Lipinski definition) is 0. The molecule has 6 heteroatoms. The maximum absolute atomic E-state index is 11.7. The van der Waals surface area contributed by atoms with E-state index >= 15 is 0 Å². The molecule has 5 nitrogen and oxygen atoms in total. The molecule has 0 bridgehead atoms. The fourth-order valence-electron chi connectivity index (χ4n) is 1.28. The van der Waals surface area contributed by atoms with Crippen LogP contribution in [0.25, 0.3) is 0 Å². The maximum Gasteiger partial charge on any atom is 0.311 e. The SMILES string of the molecule is CCC(OS(C)(=O)=O)C(C)C(=O)OC(C)(C)C. The maximum atomic E-state index is 11.7. The van der Waals surface area contributed by atoms with Gasteiger partial charge in [0.25, 0.3) is 10.1 Å². The van der Waals surface area contributed by atoms with Crippen molar-refractivity contribution in [3.05, 3.63) is 0 Å². The number of rotatable bonds is 5. The molecule has 0 saturated heterocycles. The second-order valence-electron chi connectivity index (χ2n) is 5.07. The van der Waals surface area contributed by atoms with Gasteiger partial charge in [-0.3, -0.25) is 8.98 Å². The molecule has 0 aliphatic rings. The third-order valence-corrected chi connectivity index (χ3v) is 2.63.